The van der Waals surface area contributed by atoms with Crippen LogP contribution in [-0.4, -0.2) is 26.2 Å². The van der Waals surface area contributed by atoms with Crippen molar-refractivity contribution < 1.29 is 40.8 Å². The molecule has 0 aromatic carbocycles. The largest absolute Gasteiger partial charge is 0.662 e. The normalized spacial score (nSPS) is 10.6. The summed E-state index contributed by atoms with van der Waals surface area (Å²) < 4.78 is 0. The van der Waals surface area contributed by atoms with E-state index in [1.807, 2.05) is 0 Å². The second kappa shape index (κ2) is 54.0. The van der Waals surface area contributed by atoms with E-state index in [4.69, 9.17) is 0 Å². The molecule has 0 amide bonds. The van der Waals surface area contributed by atoms with Gasteiger partial charge in [-0.1, -0.05) is 233 Å². The van der Waals surface area contributed by atoms with Crippen LogP contribution in [0.2, 0.25) is 0 Å². The smallest absolute Gasteiger partial charge is 0 e. The van der Waals surface area contributed by atoms with Crippen molar-refractivity contribution in [2.24, 2.45) is 0 Å². The molecule has 0 saturated heterocycles. The molecule has 0 aromatic heterocycles. The van der Waals surface area contributed by atoms with Crippen LogP contribution in [0.3, 0.4) is 0 Å². The maximum atomic E-state index is 4.67. The van der Waals surface area contributed by atoms with Gasteiger partial charge in [-0.15, -0.1) is 38.6 Å². The van der Waals surface area contributed by atoms with Crippen LogP contribution in [0.1, 0.15) is 233 Å². The van der Waals surface area contributed by atoms with E-state index in [9.17, 15) is 0 Å². The molecule has 0 aliphatic carbocycles. The molecule has 0 aliphatic heterocycles. The van der Waals surface area contributed by atoms with Crippen LogP contribution in [0.4, 0.5) is 0 Å². The fourth-order valence-corrected chi connectivity index (χ4v) is 5.65. The van der Waals surface area contributed by atoms with Gasteiger partial charge in [0.25, 0.3) is 0 Å². The molecule has 0 fully saturated rings. The Bertz CT molecular complexity index is 350. The fraction of sp³-hybridized carbons (Fsp3) is 1.00. The molecule has 0 bridgehead atoms. The van der Waals surface area contributed by atoms with Gasteiger partial charge < -0.3 is 10.6 Å². The maximum Gasteiger partial charge on any atom is 0 e. The van der Waals surface area contributed by atoms with Crippen molar-refractivity contribution in [3.63, 3.8) is 0 Å². The number of rotatable bonds is 36. The van der Waals surface area contributed by atoms with Crippen molar-refractivity contribution >= 4 is 12.4 Å². The molecular weight excluding hydrogens is 688 g/mol. The molecule has 0 atom stereocenters. The summed E-state index contributed by atoms with van der Waals surface area (Å²) in [6, 6.07) is 0. The Morgan fingerprint density at radius 1 is 0.227 bits per heavy atom. The number of nitrogens with zero attached hydrogens (tertiary/aromatic N) is 2. The van der Waals surface area contributed by atoms with E-state index in [1.54, 1.807) is 0 Å². The van der Waals surface area contributed by atoms with Gasteiger partial charge in [-0.25, -0.2) is 0 Å². The van der Waals surface area contributed by atoms with Gasteiger partial charge in [0.1, 0.15) is 0 Å². The third-order valence-corrected chi connectivity index (χ3v) is 8.68. The summed E-state index contributed by atoms with van der Waals surface area (Å²) in [7, 11) is 0. The Kier molecular flexibility index (Phi) is 64.3. The van der Waals surface area contributed by atoms with Gasteiger partial charge in [0.2, 0.25) is 0 Å². The van der Waals surface area contributed by atoms with E-state index >= 15 is 0 Å². The quantitative estimate of drug-likeness (QED) is 0.0568. The third kappa shape index (κ3) is 55.9. The first kappa shape index (κ1) is 52.4. The predicted molar refractivity (Wildman–Crippen MR) is 204 cm³/mol. The van der Waals surface area contributed by atoms with Crippen LogP contribution >= 0.6 is 12.4 Å². The first-order chi connectivity index (χ1) is 20.8. The van der Waals surface area contributed by atoms with Gasteiger partial charge in [-0.05, 0) is 0 Å². The molecule has 0 spiro atoms. The van der Waals surface area contributed by atoms with Gasteiger partial charge in [-0.3, -0.25) is 0 Å². The Balaban J connectivity index is -0.000000348. The number of halogens is 1. The van der Waals surface area contributed by atoms with E-state index in [1.165, 1.54) is 205 Å². The van der Waals surface area contributed by atoms with Crippen LogP contribution in [0.25, 0.3) is 10.6 Å². The van der Waals surface area contributed by atoms with Gasteiger partial charge >= 0.3 is 0 Å². The summed E-state index contributed by atoms with van der Waals surface area (Å²) in [6.07, 6.45) is 45.1. The average Bonchev–Trinajstić information content (AvgIpc) is 3.00. The van der Waals surface area contributed by atoms with Crippen molar-refractivity contribution in [1.82, 2.24) is 0 Å². The van der Waals surface area contributed by atoms with Gasteiger partial charge in [-0.2, -0.15) is 0 Å². The topological polar surface area (TPSA) is 28.2 Å². The van der Waals surface area contributed by atoms with Gasteiger partial charge in [0, 0.05) is 40.8 Å². The molecule has 0 heterocycles. The number of hydrogen-bond donors (Lipinski definition) is 0. The molecule has 0 saturated carbocycles. The fourth-order valence-electron chi connectivity index (χ4n) is 5.65. The first-order valence-electron chi connectivity index (χ1n) is 20.1. The van der Waals surface area contributed by atoms with Gasteiger partial charge in [0.15, 0.2) is 0 Å². The molecule has 0 aromatic rings. The van der Waals surface area contributed by atoms with Gasteiger partial charge in [0.05, 0.1) is 0 Å². The van der Waals surface area contributed by atoms with Crippen LogP contribution in [0.15, 0.2) is 0 Å². The summed E-state index contributed by atoms with van der Waals surface area (Å²) in [5.74, 6) is 0. The van der Waals surface area contributed by atoms with Crippen LogP contribution in [0.5, 0.6) is 0 Å². The Morgan fingerprint density at radius 3 is 0.523 bits per heavy atom. The van der Waals surface area contributed by atoms with E-state index in [0.29, 0.717) is 0 Å². The molecule has 0 unspecified atom stereocenters. The summed E-state index contributed by atoms with van der Waals surface area (Å²) >= 11 is 0. The van der Waals surface area contributed by atoms with Crippen LogP contribution in [0, 0.1) is 40.8 Å². The Hall–Kier alpha value is 1.56. The summed E-state index contributed by atoms with van der Waals surface area (Å²) in [4.78, 5) is 0. The van der Waals surface area contributed by atoms with Crippen molar-refractivity contribution in [3.05, 3.63) is 10.6 Å². The molecule has 0 radical (unpaired) electrons. The van der Waals surface area contributed by atoms with E-state index < -0.39 is 0 Å². The maximum absolute atomic E-state index is 4.67. The molecule has 4 heteroatoms. The van der Waals surface area contributed by atoms with Crippen LogP contribution in [-0.2, 0) is 0 Å². The second-order valence-electron chi connectivity index (χ2n) is 13.2. The zero-order valence-corrected chi connectivity index (χ0v) is 35.3. The third-order valence-electron chi connectivity index (χ3n) is 8.68. The number of hydrogen-bond acceptors (Lipinski definition) is 0. The molecule has 268 valence electrons. The zero-order chi connectivity index (χ0) is 30.9. The van der Waals surface area contributed by atoms with Crippen molar-refractivity contribution in [2.45, 2.75) is 233 Å². The van der Waals surface area contributed by atoms with Crippen molar-refractivity contribution in [3.8, 4) is 0 Å². The summed E-state index contributed by atoms with van der Waals surface area (Å²) in [5.41, 5.74) is 0. The molecule has 2 nitrogen and oxygen atoms in total. The minimum atomic E-state index is 0. The standard InChI is InChI=1S/2C20H42N.ClH.Nd/c2*1-3-5-7-9-11-13-15-17-19-21-20-18-16-14-12-10-8-6-4-2;;/h2*3-20H2,1-2H3;1H;/q2*-1;;. The summed E-state index contributed by atoms with van der Waals surface area (Å²) in [5, 5.41) is 9.33. The SMILES string of the molecule is CCCCCCCCCC[N-]CCCCCCCCCC.CCCCCCCCCC[N-]CCCCCCCCCC.Cl.[Nd]. The molecule has 44 heavy (non-hydrogen) atoms. The monoisotopic (exact) mass is 771 g/mol. The van der Waals surface area contributed by atoms with E-state index in [0.717, 1.165) is 26.2 Å². The first-order valence-corrected chi connectivity index (χ1v) is 20.1. The second-order valence-corrected chi connectivity index (χ2v) is 13.2. The Labute approximate surface area is 320 Å². The predicted octanol–water partition coefficient (Wildman–Crippen LogP) is 15.7. The molecule has 0 N–H and O–H groups in total. The Morgan fingerprint density at radius 2 is 0.364 bits per heavy atom. The van der Waals surface area contributed by atoms with E-state index in [-0.39, 0.29) is 53.2 Å². The van der Waals surface area contributed by atoms with Crippen LogP contribution < -0.4 is 0 Å². The minimum absolute atomic E-state index is 0. The zero-order valence-electron chi connectivity index (χ0n) is 31.3. The van der Waals surface area contributed by atoms with Crippen molar-refractivity contribution in [2.75, 3.05) is 26.2 Å². The van der Waals surface area contributed by atoms with E-state index in [2.05, 4.69) is 38.3 Å². The molecule has 0 aliphatic rings. The average molecular weight is 774 g/mol. The van der Waals surface area contributed by atoms with Crippen molar-refractivity contribution in [1.29, 1.82) is 0 Å². The number of unbranched alkanes of at least 4 members (excludes halogenated alkanes) is 28. The minimum Gasteiger partial charge on any atom is -0.662 e. The molecular formula is C40H85ClN2Nd-2. The summed E-state index contributed by atoms with van der Waals surface area (Å²) in [6.45, 7) is 13.6. The molecule has 0 rings (SSSR count).